The fourth-order valence-corrected chi connectivity index (χ4v) is 6.48. The van der Waals surface area contributed by atoms with Gasteiger partial charge in [-0.3, -0.25) is 4.79 Å². The summed E-state index contributed by atoms with van der Waals surface area (Å²) >= 11 is 0. The number of amides is 1. The Bertz CT molecular complexity index is 898. The summed E-state index contributed by atoms with van der Waals surface area (Å²) in [6.07, 6.45) is 22.0. The van der Waals surface area contributed by atoms with Crippen LogP contribution in [-0.2, 0) is 14.3 Å². The highest BCUT2D eigenvalue weighted by molar-refractivity contribution is 5.80. The molecule has 1 aliphatic heterocycles. The molecule has 300 valence electrons. The van der Waals surface area contributed by atoms with Crippen molar-refractivity contribution in [1.82, 2.24) is 5.32 Å². The third-order valence-corrected chi connectivity index (χ3v) is 10.00. The number of aliphatic hydroxyl groups excluding tert-OH is 6. The number of nitrogens with one attached hydrogen (secondary N) is 1. The van der Waals surface area contributed by atoms with Crippen LogP contribution in [0.2, 0.25) is 0 Å². The highest BCUT2D eigenvalue weighted by atomic mass is 16.7. The fraction of sp³-hybridized carbons (Fsp3) is 0.878. The number of carbonyl (C=O) groups is 1. The second-order valence-electron chi connectivity index (χ2n) is 14.8. The van der Waals surface area contributed by atoms with Crippen molar-refractivity contribution in [2.24, 2.45) is 0 Å². The minimum absolute atomic E-state index is 0.306. The van der Waals surface area contributed by atoms with E-state index in [-0.39, 0.29) is 6.61 Å². The first-order valence-electron chi connectivity index (χ1n) is 20.6. The average molecular weight is 728 g/mol. The Hall–Kier alpha value is -1.37. The number of ether oxygens (including phenoxy) is 2. The zero-order valence-electron chi connectivity index (χ0n) is 32.4. The summed E-state index contributed by atoms with van der Waals surface area (Å²) in [5.74, 6) is -0.628. The smallest absolute Gasteiger partial charge is 0.249 e. The number of rotatable bonds is 32. The van der Waals surface area contributed by atoms with Crippen molar-refractivity contribution < 1.29 is 44.9 Å². The van der Waals surface area contributed by atoms with Gasteiger partial charge in [0.15, 0.2) is 6.29 Å². The number of unbranched alkanes of at least 4 members (excludes halogenated alkanes) is 18. The lowest BCUT2D eigenvalue weighted by atomic mass is 9.99. The van der Waals surface area contributed by atoms with Gasteiger partial charge in [0.25, 0.3) is 0 Å². The van der Waals surface area contributed by atoms with Gasteiger partial charge >= 0.3 is 0 Å². The molecule has 0 unspecified atom stereocenters. The van der Waals surface area contributed by atoms with E-state index in [2.05, 4.69) is 32.2 Å². The average Bonchev–Trinajstić information content (AvgIpc) is 3.12. The molecule has 0 bridgehead atoms. The molecule has 0 aromatic carbocycles. The number of carbonyl (C=O) groups excluding carboxylic acids is 1. The second-order valence-corrected chi connectivity index (χ2v) is 14.8. The molecule has 8 atom stereocenters. The van der Waals surface area contributed by atoms with E-state index in [0.717, 1.165) is 32.1 Å². The lowest BCUT2D eigenvalue weighted by Crippen LogP contribution is -2.60. The highest BCUT2D eigenvalue weighted by Crippen LogP contribution is 2.22. The van der Waals surface area contributed by atoms with Gasteiger partial charge in [-0.15, -0.1) is 0 Å². The maximum atomic E-state index is 13.0. The van der Waals surface area contributed by atoms with E-state index in [4.69, 9.17) is 9.47 Å². The van der Waals surface area contributed by atoms with Gasteiger partial charge in [0.2, 0.25) is 5.91 Å². The molecule has 1 fully saturated rings. The molecule has 1 heterocycles. The van der Waals surface area contributed by atoms with Crippen LogP contribution in [0.4, 0.5) is 0 Å². The molecular formula is C41H77NO9. The predicted molar refractivity (Wildman–Crippen MR) is 204 cm³/mol. The quantitative estimate of drug-likeness (QED) is 0.0301. The minimum Gasteiger partial charge on any atom is -0.394 e. The number of hydrogen-bond donors (Lipinski definition) is 7. The zero-order chi connectivity index (χ0) is 37.7. The maximum absolute atomic E-state index is 13.0. The number of allylic oxidation sites excluding steroid dienone is 3. The highest BCUT2D eigenvalue weighted by Gasteiger charge is 2.44. The van der Waals surface area contributed by atoms with Crippen LogP contribution < -0.4 is 5.32 Å². The second kappa shape index (κ2) is 31.0. The van der Waals surface area contributed by atoms with E-state index >= 15 is 0 Å². The molecule has 1 aliphatic rings. The summed E-state index contributed by atoms with van der Waals surface area (Å²) in [6, 6.07) is -0.993. The zero-order valence-corrected chi connectivity index (χ0v) is 32.4. The van der Waals surface area contributed by atoms with Gasteiger partial charge in [0.05, 0.1) is 25.4 Å². The topological polar surface area (TPSA) is 169 Å². The summed E-state index contributed by atoms with van der Waals surface area (Å²) < 4.78 is 11.1. The van der Waals surface area contributed by atoms with Gasteiger partial charge < -0.3 is 45.4 Å². The molecule has 0 saturated carbocycles. The SMILES string of the molecule is CCCCCCCCCCCCCC[C@@H](O)C(=O)N[C@@H](CO[C@@H]1O[C@H](CO)[C@@H](O)[C@H](O)[C@H]1O)[C@@H](O)/C=C/CC/C=C(\C)CCCCCCCCC. The molecule has 10 nitrogen and oxygen atoms in total. The van der Waals surface area contributed by atoms with Crippen molar-refractivity contribution in [2.75, 3.05) is 13.2 Å². The Balaban J connectivity index is 2.59. The Morgan fingerprint density at radius 1 is 0.745 bits per heavy atom. The molecule has 1 saturated heterocycles. The van der Waals surface area contributed by atoms with E-state index in [1.165, 1.54) is 102 Å². The van der Waals surface area contributed by atoms with Crippen LogP contribution in [0.1, 0.15) is 168 Å². The number of aliphatic hydroxyl groups is 6. The van der Waals surface area contributed by atoms with Gasteiger partial charge in [-0.05, 0) is 39.0 Å². The van der Waals surface area contributed by atoms with Crippen molar-refractivity contribution in [3.8, 4) is 0 Å². The lowest BCUT2D eigenvalue weighted by Gasteiger charge is -2.40. The predicted octanol–water partition coefficient (Wildman–Crippen LogP) is 6.52. The fourth-order valence-electron chi connectivity index (χ4n) is 6.48. The van der Waals surface area contributed by atoms with Crippen molar-refractivity contribution in [1.29, 1.82) is 0 Å². The molecule has 0 spiro atoms. The van der Waals surface area contributed by atoms with Crippen LogP contribution in [0.25, 0.3) is 0 Å². The standard InChI is InChI=1S/C41H77NO9/c1-4-6-8-10-12-13-14-15-16-18-20-24-29-35(45)40(49)42-33(31-50-41-39(48)38(47)37(46)36(30-43)51-41)34(44)28-25-21-23-27-32(3)26-22-19-17-11-9-7-5-2/h25,27-28,33-39,41,43-48H,4-24,26,29-31H2,1-3H3,(H,42,49)/b28-25+,32-27+/t33-,34-,35+,36+,37+,38-,39+,41+/m0/s1. The van der Waals surface area contributed by atoms with Gasteiger partial charge in [0, 0.05) is 0 Å². The molecule has 1 rings (SSSR count). The summed E-state index contributed by atoms with van der Waals surface area (Å²) in [7, 11) is 0. The van der Waals surface area contributed by atoms with Crippen LogP contribution in [0, 0.1) is 0 Å². The van der Waals surface area contributed by atoms with Gasteiger partial charge in [-0.1, -0.05) is 153 Å². The molecule has 0 aliphatic carbocycles. The Morgan fingerprint density at radius 3 is 1.82 bits per heavy atom. The van der Waals surface area contributed by atoms with Crippen LogP contribution in [0.3, 0.4) is 0 Å². The Kier molecular flexibility index (Phi) is 29.0. The normalized spacial score (nSPS) is 23.1. The Morgan fingerprint density at radius 2 is 1.27 bits per heavy atom. The van der Waals surface area contributed by atoms with Gasteiger partial charge in [-0.2, -0.15) is 0 Å². The molecule has 51 heavy (non-hydrogen) atoms. The van der Waals surface area contributed by atoms with Crippen molar-refractivity contribution in [3.63, 3.8) is 0 Å². The van der Waals surface area contributed by atoms with E-state index in [0.29, 0.717) is 19.3 Å². The Labute approximate surface area is 310 Å². The maximum Gasteiger partial charge on any atom is 0.249 e. The third-order valence-electron chi connectivity index (χ3n) is 10.00. The van der Waals surface area contributed by atoms with Crippen LogP contribution >= 0.6 is 0 Å². The molecule has 0 radical (unpaired) electrons. The van der Waals surface area contributed by atoms with Crippen LogP contribution in [0.15, 0.2) is 23.8 Å². The summed E-state index contributed by atoms with van der Waals surface area (Å²) in [4.78, 5) is 13.0. The monoisotopic (exact) mass is 728 g/mol. The van der Waals surface area contributed by atoms with Gasteiger partial charge in [-0.25, -0.2) is 0 Å². The molecular weight excluding hydrogens is 650 g/mol. The minimum atomic E-state index is -1.61. The van der Waals surface area contributed by atoms with Crippen molar-refractivity contribution in [3.05, 3.63) is 23.8 Å². The first-order chi connectivity index (χ1) is 24.7. The number of hydrogen-bond acceptors (Lipinski definition) is 9. The first kappa shape index (κ1) is 47.7. The molecule has 0 aromatic rings. The van der Waals surface area contributed by atoms with E-state index in [9.17, 15) is 35.4 Å². The van der Waals surface area contributed by atoms with E-state index in [1.807, 2.05) is 6.08 Å². The van der Waals surface area contributed by atoms with E-state index < -0.39 is 61.5 Å². The van der Waals surface area contributed by atoms with Crippen LogP contribution in [-0.4, -0.2) is 98.7 Å². The first-order valence-corrected chi connectivity index (χ1v) is 20.6. The largest absolute Gasteiger partial charge is 0.394 e. The van der Waals surface area contributed by atoms with E-state index in [1.54, 1.807) is 6.08 Å². The lowest BCUT2D eigenvalue weighted by molar-refractivity contribution is -0.302. The molecule has 10 heteroatoms. The van der Waals surface area contributed by atoms with Crippen molar-refractivity contribution >= 4 is 5.91 Å². The summed E-state index contributed by atoms with van der Waals surface area (Å²) in [5, 5.41) is 64.5. The molecule has 1 amide bonds. The van der Waals surface area contributed by atoms with Gasteiger partial charge in [0.1, 0.15) is 30.5 Å². The molecule has 0 aromatic heterocycles. The van der Waals surface area contributed by atoms with Crippen molar-refractivity contribution in [2.45, 2.75) is 217 Å². The third kappa shape index (κ3) is 22.4. The summed E-state index contributed by atoms with van der Waals surface area (Å²) in [6.45, 7) is 5.70. The molecule has 7 N–H and O–H groups in total. The summed E-state index contributed by atoms with van der Waals surface area (Å²) in [5.41, 5.74) is 1.36. The van der Waals surface area contributed by atoms with Crippen LogP contribution in [0.5, 0.6) is 0 Å².